The summed E-state index contributed by atoms with van der Waals surface area (Å²) < 4.78 is 98.2. The van der Waals surface area contributed by atoms with Crippen LogP contribution in [0, 0.1) is 0 Å². The van der Waals surface area contributed by atoms with Gasteiger partial charge in [0.25, 0.3) is 0 Å². The molecule has 0 spiro atoms. The maximum Gasteiger partial charge on any atom is 0.338 e. The number of rotatable bonds is 38. The fraction of sp³-hybridized carbons (Fsp3) is 0.322. The zero-order valence-electron chi connectivity index (χ0n) is 61.8. The Morgan fingerprint density at radius 3 is 1.15 bits per heavy atom. The van der Waals surface area contributed by atoms with Gasteiger partial charge in [-0.3, -0.25) is 0 Å². The molecule has 0 saturated carbocycles. The molecule has 22 nitrogen and oxygen atoms in total. The zero-order chi connectivity index (χ0) is 77.5. The van der Waals surface area contributed by atoms with Crippen LogP contribution in [0.2, 0.25) is 0 Å². The highest BCUT2D eigenvalue weighted by Gasteiger charge is 2.57. The molecule has 0 unspecified atom stereocenters. The molecule has 0 aromatic heterocycles. The summed E-state index contributed by atoms with van der Waals surface area (Å²) in [5.74, 6) is -4.43. The Balaban J connectivity index is 0.884. The van der Waals surface area contributed by atoms with Crippen LogP contribution in [0.3, 0.4) is 0 Å². The topological polar surface area (TPSA) is 264 Å². The SMILES string of the molecule is O=C(OC[C@H]1O[C@H](OC[C@H]2O[C@H](OCCC/C=C/CCCCOCc3ccccc3)[C@@H](O)[C@@H](O[C@H]3O[C@H](COCc4ccccc4)[C@@H](OCc4ccccc4)[C@H](OCc4ccccc4)[C@@H]3OC(=O)c3ccccc3)[C@@H]2O)[C@@H](OC(=O)c2ccccc2)[C@@H](OC(=O)c2ccccc2)[C@@H]1OC(=O)c1ccccc1)c1ccccc1. The Labute approximate surface area is 650 Å². The third-order valence-electron chi connectivity index (χ3n) is 18.9. The molecule has 3 aliphatic heterocycles. The van der Waals surface area contributed by atoms with E-state index in [0.717, 1.165) is 41.5 Å². The van der Waals surface area contributed by atoms with Crippen molar-refractivity contribution in [2.45, 2.75) is 151 Å². The fourth-order valence-corrected chi connectivity index (χ4v) is 13.0. The molecule has 0 bridgehead atoms. The monoisotopic (exact) mass is 1520 g/mol. The van der Waals surface area contributed by atoms with Crippen LogP contribution < -0.4 is 0 Å². The van der Waals surface area contributed by atoms with E-state index >= 15 is 0 Å². The first-order valence-corrected chi connectivity index (χ1v) is 37.7. The summed E-state index contributed by atoms with van der Waals surface area (Å²) in [5, 5.41) is 26.0. The van der Waals surface area contributed by atoms with Crippen molar-refractivity contribution in [2.75, 3.05) is 33.0 Å². The molecule has 9 aromatic rings. The van der Waals surface area contributed by atoms with E-state index in [1.165, 1.54) is 48.5 Å². The number of benzene rings is 9. The molecule has 3 saturated heterocycles. The predicted octanol–water partition coefficient (Wildman–Crippen LogP) is 13.2. The van der Waals surface area contributed by atoms with Crippen molar-refractivity contribution in [2.24, 2.45) is 0 Å². The maximum absolute atomic E-state index is 14.8. The number of hydrogen-bond acceptors (Lipinski definition) is 22. The van der Waals surface area contributed by atoms with Crippen LogP contribution in [-0.2, 0) is 97.5 Å². The number of aliphatic hydroxyl groups excluding tert-OH is 2. The molecule has 2 N–H and O–H groups in total. The molecule has 12 rings (SSSR count). The van der Waals surface area contributed by atoms with E-state index in [9.17, 15) is 34.2 Å². The quantitative estimate of drug-likeness (QED) is 0.0158. The number of aliphatic hydroxyl groups is 2. The second-order valence-corrected chi connectivity index (χ2v) is 27.0. The highest BCUT2D eigenvalue weighted by Crippen LogP contribution is 2.37. The lowest BCUT2D eigenvalue weighted by atomic mass is 9.96. The van der Waals surface area contributed by atoms with E-state index in [4.69, 9.17) is 71.1 Å². The molecule has 0 aliphatic carbocycles. The van der Waals surface area contributed by atoms with Gasteiger partial charge in [0.05, 0.1) is 74.1 Å². The summed E-state index contributed by atoms with van der Waals surface area (Å²) in [6, 6.07) is 78.4. The number of hydrogen-bond donors (Lipinski definition) is 2. The molecular formula is C90H92O22. The van der Waals surface area contributed by atoms with Gasteiger partial charge in [0.2, 0.25) is 0 Å². The molecule has 112 heavy (non-hydrogen) atoms. The van der Waals surface area contributed by atoms with Gasteiger partial charge in [0.15, 0.2) is 43.3 Å². The second kappa shape index (κ2) is 42.8. The van der Waals surface area contributed by atoms with Crippen LogP contribution in [0.15, 0.2) is 285 Å². The largest absolute Gasteiger partial charge is 0.459 e. The van der Waals surface area contributed by atoms with Gasteiger partial charge in [-0.25, -0.2) is 24.0 Å². The molecule has 584 valence electrons. The molecule has 0 radical (unpaired) electrons. The average molecular weight is 1530 g/mol. The summed E-state index contributed by atoms with van der Waals surface area (Å²) in [4.78, 5) is 72.4. The first-order chi connectivity index (χ1) is 55.0. The summed E-state index contributed by atoms with van der Waals surface area (Å²) >= 11 is 0. The summed E-state index contributed by atoms with van der Waals surface area (Å²) in [6.07, 6.45) is -16.5. The summed E-state index contributed by atoms with van der Waals surface area (Å²) in [7, 11) is 0. The lowest BCUT2D eigenvalue weighted by Crippen LogP contribution is -2.66. The van der Waals surface area contributed by atoms with Crippen molar-refractivity contribution in [1.29, 1.82) is 0 Å². The molecule has 15 atom stereocenters. The minimum Gasteiger partial charge on any atom is -0.459 e. The van der Waals surface area contributed by atoms with Crippen LogP contribution in [-0.4, -0.2) is 165 Å². The Hall–Kier alpha value is -10.4. The van der Waals surface area contributed by atoms with Crippen LogP contribution in [0.5, 0.6) is 0 Å². The molecule has 3 fully saturated rings. The van der Waals surface area contributed by atoms with Gasteiger partial charge in [-0.05, 0) is 115 Å². The lowest BCUT2D eigenvalue weighted by molar-refractivity contribution is -0.370. The number of ether oxygens (including phenoxy) is 15. The van der Waals surface area contributed by atoms with Crippen molar-refractivity contribution >= 4 is 29.8 Å². The van der Waals surface area contributed by atoms with Gasteiger partial charge in [-0.15, -0.1) is 0 Å². The fourth-order valence-electron chi connectivity index (χ4n) is 13.0. The van der Waals surface area contributed by atoms with Crippen LogP contribution in [0.4, 0.5) is 0 Å². The second-order valence-electron chi connectivity index (χ2n) is 27.0. The Morgan fingerprint density at radius 1 is 0.295 bits per heavy atom. The number of esters is 5. The standard InChI is InChI=1S/C90H92O22/c91-74-71(60-104-89-82(111-87(97)70-51-31-14-32-52-70)80(109-85(95)68-47-27-12-28-48-68)77(108-84(94)67-45-25-11-26-46-67)73(106-89)61-103-83(93)66-43-23-10-24-44-66)105-88(100-54-34-5-3-1-2-4-33-53-98-55-62-35-15-6-16-36-62)75(92)78(74)112-90-81(110-86(96)69-49-29-13-30-50-69)79(102-58-65-41-21-9-22-42-65)76(101-57-64-39-19-8-20-40-64)72(107-90)59-99-56-63-37-17-7-18-38-63/h1,3,6-32,35-52,71-82,88-92H,2,4-5,33-34,53-61H2/b3-1+/t71-,72-,73-,74-,75+,76-,77-,78+,79+,80+,81+,82+,88+,89+,90-/m1/s1. The predicted molar refractivity (Wildman–Crippen MR) is 409 cm³/mol. The normalized spacial score (nSPS) is 23.6. The van der Waals surface area contributed by atoms with Gasteiger partial charge in [0, 0.05) is 6.61 Å². The number of allylic oxidation sites excluding steroid dienone is 2. The van der Waals surface area contributed by atoms with E-state index in [0.29, 0.717) is 26.1 Å². The first-order valence-electron chi connectivity index (χ1n) is 37.7. The Morgan fingerprint density at radius 2 is 0.670 bits per heavy atom. The Bertz CT molecular complexity index is 4310. The van der Waals surface area contributed by atoms with Crippen molar-refractivity contribution in [3.8, 4) is 0 Å². The van der Waals surface area contributed by atoms with Crippen LogP contribution in [0.1, 0.15) is 106 Å². The van der Waals surface area contributed by atoms with Crippen molar-refractivity contribution in [1.82, 2.24) is 0 Å². The van der Waals surface area contributed by atoms with Gasteiger partial charge in [-0.2, -0.15) is 0 Å². The minimum atomic E-state index is -1.93. The van der Waals surface area contributed by atoms with Gasteiger partial charge < -0.3 is 81.3 Å². The van der Waals surface area contributed by atoms with Crippen LogP contribution >= 0.6 is 0 Å². The van der Waals surface area contributed by atoms with Crippen LogP contribution in [0.25, 0.3) is 0 Å². The Kier molecular flexibility index (Phi) is 31.0. The molecule has 0 amide bonds. The minimum absolute atomic E-state index is 0.00781. The highest BCUT2D eigenvalue weighted by atomic mass is 16.8. The van der Waals surface area contributed by atoms with E-state index in [2.05, 4.69) is 6.08 Å². The van der Waals surface area contributed by atoms with Crippen molar-refractivity contribution in [3.05, 3.63) is 335 Å². The zero-order valence-corrected chi connectivity index (χ0v) is 61.8. The number of carbonyl (C=O) groups excluding carboxylic acids is 5. The van der Waals surface area contributed by atoms with Crippen molar-refractivity contribution in [3.63, 3.8) is 0 Å². The molecule has 3 heterocycles. The van der Waals surface area contributed by atoms with Gasteiger partial charge >= 0.3 is 29.8 Å². The average Bonchev–Trinajstić information content (AvgIpc) is 0.757. The maximum atomic E-state index is 14.8. The lowest BCUT2D eigenvalue weighted by Gasteiger charge is -2.49. The number of carbonyl (C=O) groups is 5. The molecular weight excluding hydrogens is 1430 g/mol. The van der Waals surface area contributed by atoms with E-state index in [-0.39, 0.29) is 60.9 Å². The summed E-state index contributed by atoms with van der Waals surface area (Å²) in [5.41, 5.74) is 4.03. The number of unbranched alkanes of at least 4 members (excludes halogenated alkanes) is 3. The van der Waals surface area contributed by atoms with E-state index < -0.39 is 135 Å². The third kappa shape index (κ3) is 23.6. The molecule has 22 heteroatoms. The van der Waals surface area contributed by atoms with Gasteiger partial charge in [-0.1, -0.05) is 224 Å². The third-order valence-corrected chi connectivity index (χ3v) is 18.9. The van der Waals surface area contributed by atoms with E-state index in [1.807, 2.05) is 127 Å². The highest BCUT2D eigenvalue weighted by molar-refractivity contribution is 5.92. The molecule has 3 aliphatic rings. The molecule has 9 aromatic carbocycles. The smallest absolute Gasteiger partial charge is 0.338 e. The first kappa shape index (κ1) is 81.1. The van der Waals surface area contributed by atoms with Crippen molar-refractivity contribution < 1.29 is 105 Å². The van der Waals surface area contributed by atoms with E-state index in [1.54, 1.807) is 103 Å². The summed E-state index contributed by atoms with van der Waals surface area (Å²) in [6.45, 7) is -0.217. The van der Waals surface area contributed by atoms with Gasteiger partial charge in [0.1, 0.15) is 55.4 Å².